The minimum Gasteiger partial charge on any atom is -0.379 e. The number of hydrogen-bond acceptors (Lipinski definition) is 4. The maximum Gasteiger partial charge on any atom is 0.251 e. The number of carbonyl (C=O) groups is 2. The van der Waals surface area contributed by atoms with Crippen LogP contribution in [0.2, 0.25) is 0 Å². The van der Waals surface area contributed by atoms with Crippen molar-refractivity contribution in [2.24, 2.45) is 0 Å². The minimum atomic E-state index is -0.288. The molecule has 1 saturated heterocycles. The van der Waals surface area contributed by atoms with E-state index in [2.05, 4.69) is 15.5 Å². The molecular formula is C22H26FN3O3. The van der Waals surface area contributed by atoms with Gasteiger partial charge in [-0.1, -0.05) is 24.3 Å². The van der Waals surface area contributed by atoms with Crippen molar-refractivity contribution < 1.29 is 18.7 Å². The third-order valence-corrected chi connectivity index (χ3v) is 4.84. The first-order chi connectivity index (χ1) is 14.1. The first kappa shape index (κ1) is 21.0. The zero-order valence-electron chi connectivity index (χ0n) is 16.3. The first-order valence-corrected chi connectivity index (χ1v) is 9.83. The monoisotopic (exact) mass is 399 g/mol. The summed E-state index contributed by atoms with van der Waals surface area (Å²) in [6, 6.07) is 13.1. The van der Waals surface area contributed by atoms with E-state index in [0.717, 1.165) is 32.8 Å². The molecule has 2 amide bonds. The molecule has 0 atom stereocenters. The molecule has 2 aromatic carbocycles. The summed E-state index contributed by atoms with van der Waals surface area (Å²) in [5.74, 6) is -0.777. The van der Waals surface area contributed by atoms with E-state index in [1.807, 2.05) is 0 Å². The highest BCUT2D eigenvalue weighted by Gasteiger charge is 2.13. The summed E-state index contributed by atoms with van der Waals surface area (Å²) in [6.45, 7) is 4.82. The van der Waals surface area contributed by atoms with Crippen molar-refractivity contribution in [3.8, 4) is 0 Å². The van der Waals surface area contributed by atoms with Crippen LogP contribution in [0.5, 0.6) is 0 Å². The zero-order chi connectivity index (χ0) is 20.5. The Hall–Kier alpha value is -2.77. The molecule has 0 spiro atoms. The van der Waals surface area contributed by atoms with Gasteiger partial charge in [0.15, 0.2) is 0 Å². The van der Waals surface area contributed by atoms with Gasteiger partial charge in [-0.2, -0.15) is 0 Å². The number of rotatable bonds is 8. The highest BCUT2D eigenvalue weighted by molar-refractivity contribution is 5.99. The van der Waals surface area contributed by atoms with Gasteiger partial charge in [-0.15, -0.1) is 0 Å². The Morgan fingerprint density at radius 1 is 0.931 bits per heavy atom. The molecule has 7 heteroatoms. The van der Waals surface area contributed by atoms with Crippen LogP contribution < -0.4 is 10.6 Å². The fourth-order valence-electron chi connectivity index (χ4n) is 3.17. The lowest BCUT2D eigenvalue weighted by atomic mass is 10.1. The second-order valence-corrected chi connectivity index (χ2v) is 6.89. The smallest absolute Gasteiger partial charge is 0.251 e. The van der Waals surface area contributed by atoms with Crippen LogP contribution in [-0.4, -0.2) is 62.7 Å². The second-order valence-electron chi connectivity index (χ2n) is 6.89. The molecule has 0 unspecified atom stereocenters. The highest BCUT2D eigenvalue weighted by atomic mass is 19.1. The number of hydrogen-bond donors (Lipinski definition) is 2. The number of nitrogens with zero attached hydrogens (tertiary/aromatic N) is 1. The van der Waals surface area contributed by atoms with Crippen molar-refractivity contribution in [1.29, 1.82) is 0 Å². The highest BCUT2D eigenvalue weighted by Crippen LogP contribution is 2.08. The van der Waals surface area contributed by atoms with Gasteiger partial charge in [0.25, 0.3) is 11.8 Å². The topological polar surface area (TPSA) is 70.7 Å². The summed E-state index contributed by atoms with van der Waals surface area (Å²) in [5.41, 5.74) is 1.40. The van der Waals surface area contributed by atoms with Crippen molar-refractivity contribution >= 4 is 11.8 Å². The molecule has 1 heterocycles. The summed E-state index contributed by atoms with van der Waals surface area (Å²) in [7, 11) is 0. The Kier molecular flexibility index (Phi) is 7.72. The largest absolute Gasteiger partial charge is 0.379 e. The van der Waals surface area contributed by atoms with Crippen LogP contribution in [-0.2, 0) is 11.2 Å². The van der Waals surface area contributed by atoms with E-state index in [-0.39, 0.29) is 17.6 Å². The quantitative estimate of drug-likeness (QED) is 0.711. The lowest BCUT2D eigenvalue weighted by molar-refractivity contribution is 0.0383. The summed E-state index contributed by atoms with van der Waals surface area (Å²) in [5, 5.41) is 5.66. The fraction of sp³-hybridized carbons (Fsp3) is 0.364. The third kappa shape index (κ3) is 6.37. The SMILES string of the molecule is O=C(NCCc1ccccc1F)c1cccc(C(=O)NCCN2CCOCC2)c1. The van der Waals surface area contributed by atoms with Gasteiger partial charge in [0, 0.05) is 43.9 Å². The molecule has 0 radical (unpaired) electrons. The normalized spacial score (nSPS) is 14.4. The van der Waals surface area contributed by atoms with Crippen molar-refractivity contribution in [2.45, 2.75) is 6.42 Å². The molecule has 2 N–H and O–H groups in total. The maximum absolute atomic E-state index is 13.6. The van der Waals surface area contributed by atoms with E-state index in [0.29, 0.717) is 36.2 Å². The van der Waals surface area contributed by atoms with Gasteiger partial charge in [-0.25, -0.2) is 4.39 Å². The number of nitrogens with one attached hydrogen (secondary N) is 2. The van der Waals surface area contributed by atoms with E-state index < -0.39 is 0 Å². The summed E-state index contributed by atoms with van der Waals surface area (Å²) < 4.78 is 18.9. The van der Waals surface area contributed by atoms with Crippen molar-refractivity contribution in [2.75, 3.05) is 45.9 Å². The third-order valence-electron chi connectivity index (χ3n) is 4.84. The number of carbonyl (C=O) groups excluding carboxylic acids is 2. The molecule has 1 aliphatic heterocycles. The van der Waals surface area contributed by atoms with Gasteiger partial charge in [0.05, 0.1) is 13.2 Å². The van der Waals surface area contributed by atoms with Gasteiger partial charge in [-0.3, -0.25) is 14.5 Å². The predicted octanol–water partition coefficient (Wildman–Crippen LogP) is 1.86. The van der Waals surface area contributed by atoms with Crippen molar-refractivity contribution in [1.82, 2.24) is 15.5 Å². The van der Waals surface area contributed by atoms with Crippen LogP contribution in [0.25, 0.3) is 0 Å². The Morgan fingerprint density at radius 3 is 2.28 bits per heavy atom. The molecule has 3 rings (SSSR count). The van der Waals surface area contributed by atoms with Crippen molar-refractivity contribution in [3.63, 3.8) is 0 Å². The molecule has 0 saturated carbocycles. The van der Waals surface area contributed by atoms with Gasteiger partial charge < -0.3 is 15.4 Å². The standard InChI is InChI=1S/C22H26FN3O3/c23-20-7-2-1-4-17(20)8-9-24-21(27)18-5-3-6-19(16-18)22(28)25-10-11-26-12-14-29-15-13-26/h1-7,16H,8-15H2,(H,24,27)(H,25,28). The Balaban J connectivity index is 1.46. The first-order valence-electron chi connectivity index (χ1n) is 9.83. The van der Waals surface area contributed by atoms with Gasteiger partial charge in [-0.05, 0) is 36.2 Å². The molecule has 6 nitrogen and oxygen atoms in total. The van der Waals surface area contributed by atoms with Crippen molar-refractivity contribution in [3.05, 3.63) is 71.0 Å². The van der Waals surface area contributed by atoms with E-state index in [4.69, 9.17) is 4.74 Å². The van der Waals surface area contributed by atoms with Gasteiger partial charge >= 0.3 is 0 Å². The maximum atomic E-state index is 13.6. The van der Waals surface area contributed by atoms with Crippen LogP contribution in [0.4, 0.5) is 4.39 Å². The molecule has 29 heavy (non-hydrogen) atoms. The van der Waals surface area contributed by atoms with E-state index >= 15 is 0 Å². The van der Waals surface area contributed by atoms with Crippen LogP contribution >= 0.6 is 0 Å². The number of morpholine rings is 1. The fourth-order valence-corrected chi connectivity index (χ4v) is 3.17. The molecule has 2 aromatic rings. The Morgan fingerprint density at radius 2 is 1.59 bits per heavy atom. The summed E-state index contributed by atoms with van der Waals surface area (Å²) in [4.78, 5) is 27.0. The van der Waals surface area contributed by atoms with E-state index in [1.54, 1.807) is 42.5 Å². The number of ether oxygens (including phenoxy) is 1. The van der Waals surface area contributed by atoms with Crippen LogP contribution in [0.1, 0.15) is 26.3 Å². The number of benzene rings is 2. The molecule has 1 fully saturated rings. The minimum absolute atomic E-state index is 0.209. The lowest BCUT2D eigenvalue weighted by Gasteiger charge is -2.26. The average molecular weight is 399 g/mol. The number of halogens is 1. The van der Waals surface area contributed by atoms with Crippen LogP contribution in [0, 0.1) is 5.82 Å². The molecule has 0 aromatic heterocycles. The average Bonchev–Trinajstić information content (AvgIpc) is 2.76. The van der Waals surface area contributed by atoms with Gasteiger partial charge in [0.2, 0.25) is 0 Å². The Labute approximate surface area is 170 Å². The molecule has 1 aliphatic rings. The van der Waals surface area contributed by atoms with Crippen LogP contribution in [0.15, 0.2) is 48.5 Å². The lowest BCUT2D eigenvalue weighted by Crippen LogP contribution is -2.41. The van der Waals surface area contributed by atoms with Crippen LogP contribution in [0.3, 0.4) is 0 Å². The molecule has 0 aliphatic carbocycles. The number of amides is 2. The predicted molar refractivity (Wildman–Crippen MR) is 108 cm³/mol. The van der Waals surface area contributed by atoms with Gasteiger partial charge in [0.1, 0.15) is 5.82 Å². The van der Waals surface area contributed by atoms with E-state index in [1.165, 1.54) is 6.07 Å². The summed E-state index contributed by atoms with van der Waals surface area (Å²) >= 11 is 0. The molecule has 0 bridgehead atoms. The molecular weight excluding hydrogens is 373 g/mol. The van der Waals surface area contributed by atoms with E-state index in [9.17, 15) is 14.0 Å². The summed E-state index contributed by atoms with van der Waals surface area (Å²) in [6.07, 6.45) is 0.403. The Bertz CT molecular complexity index is 838. The molecule has 154 valence electrons. The zero-order valence-corrected chi connectivity index (χ0v) is 16.3. The second kappa shape index (κ2) is 10.7.